The lowest BCUT2D eigenvalue weighted by atomic mass is 10.1. The van der Waals surface area contributed by atoms with Gasteiger partial charge in [0.2, 0.25) is 5.91 Å². The average molecular weight is 305 g/mol. The summed E-state index contributed by atoms with van der Waals surface area (Å²) in [6, 6.07) is 8.25. The molecule has 1 aliphatic heterocycles. The van der Waals surface area contributed by atoms with E-state index in [1.807, 2.05) is 30.3 Å². The van der Waals surface area contributed by atoms with Crippen LogP contribution in [-0.4, -0.2) is 55.6 Å². The van der Waals surface area contributed by atoms with E-state index >= 15 is 0 Å². The molecule has 7 nitrogen and oxygen atoms in total. The maximum atomic E-state index is 12.2. The van der Waals surface area contributed by atoms with E-state index in [4.69, 9.17) is 4.74 Å². The molecule has 1 fully saturated rings. The molecule has 0 spiro atoms. The quantitative estimate of drug-likeness (QED) is 0.544. The van der Waals surface area contributed by atoms with E-state index < -0.39 is 12.1 Å². The van der Waals surface area contributed by atoms with Crippen LogP contribution < -0.4 is 10.6 Å². The second-order valence-electron chi connectivity index (χ2n) is 4.96. The molecule has 22 heavy (non-hydrogen) atoms. The van der Waals surface area contributed by atoms with Crippen LogP contribution in [0.5, 0.6) is 0 Å². The summed E-state index contributed by atoms with van der Waals surface area (Å²) in [6.45, 7) is 0.439. The van der Waals surface area contributed by atoms with Crippen molar-refractivity contribution in [2.75, 3.05) is 26.8 Å². The smallest absolute Gasteiger partial charge is 0.325 e. The van der Waals surface area contributed by atoms with Gasteiger partial charge in [0.1, 0.15) is 12.6 Å². The molecule has 1 atom stereocenters. The number of rotatable bonds is 7. The molecule has 1 saturated heterocycles. The standard InChI is InChI=1S/C15H19N3O4/c1-22-8-7-16-13(19)10-18-14(20)12(17-15(18)21)9-11-5-3-2-4-6-11/h2-6,12H,7-10H2,1H3,(H,16,19)(H,17,21). The molecule has 0 bridgehead atoms. The summed E-state index contributed by atoms with van der Waals surface area (Å²) in [5, 5.41) is 5.19. The molecule has 1 aliphatic rings. The summed E-state index contributed by atoms with van der Waals surface area (Å²) in [7, 11) is 1.53. The van der Waals surface area contributed by atoms with E-state index in [0.29, 0.717) is 19.6 Å². The lowest BCUT2D eigenvalue weighted by molar-refractivity contribution is -0.132. The second kappa shape index (κ2) is 7.56. The number of carbonyl (C=O) groups excluding carboxylic acids is 3. The molecule has 0 aliphatic carbocycles. The lowest BCUT2D eigenvalue weighted by Crippen LogP contribution is -2.42. The number of benzene rings is 1. The number of carbonyl (C=O) groups is 3. The Hall–Kier alpha value is -2.41. The summed E-state index contributed by atoms with van der Waals surface area (Å²) < 4.78 is 4.81. The molecular formula is C15H19N3O4. The van der Waals surface area contributed by atoms with Gasteiger partial charge in [-0.25, -0.2) is 4.79 Å². The number of urea groups is 1. The van der Waals surface area contributed by atoms with Crippen molar-refractivity contribution in [3.05, 3.63) is 35.9 Å². The van der Waals surface area contributed by atoms with Crippen LogP contribution >= 0.6 is 0 Å². The van der Waals surface area contributed by atoms with Crippen LogP contribution in [0.4, 0.5) is 4.79 Å². The highest BCUT2D eigenvalue weighted by Gasteiger charge is 2.38. The first-order chi connectivity index (χ1) is 10.6. The van der Waals surface area contributed by atoms with Gasteiger partial charge in [-0.15, -0.1) is 0 Å². The van der Waals surface area contributed by atoms with Crippen molar-refractivity contribution in [3.8, 4) is 0 Å². The lowest BCUT2D eigenvalue weighted by Gasteiger charge is -2.13. The van der Waals surface area contributed by atoms with Gasteiger partial charge in [-0.1, -0.05) is 30.3 Å². The zero-order valence-corrected chi connectivity index (χ0v) is 12.4. The van der Waals surface area contributed by atoms with Gasteiger partial charge in [0.05, 0.1) is 6.61 Å². The summed E-state index contributed by atoms with van der Waals surface area (Å²) >= 11 is 0. The van der Waals surface area contributed by atoms with E-state index in [9.17, 15) is 14.4 Å². The van der Waals surface area contributed by atoms with E-state index in [2.05, 4.69) is 10.6 Å². The minimum Gasteiger partial charge on any atom is -0.383 e. The third-order valence-corrected chi connectivity index (χ3v) is 3.32. The molecule has 7 heteroatoms. The maximum Gasteiger partial charge on any atom is 0.325 e. The van der Waals surface area contributed by atoms with Crippen LogP contribution in [0.1, 0.15) is 5.56 Å². The highest BCUT2D eigenvalue weighted by Crippen LogP contribution is 2.11. The fourth-order valence-corrected chi connectivity index (χ4v) is 2.21. The molecule has 4 amide bonds. The number of amides is 4. The molecule has 1 aromatic carbocycles. The van der Waals surface area contributed by atoms with Gasteiger partial charge in [-0.05, 0) is 5.56 Å². The highest BCUT2D eigenvalue weighted by atomic mass is 16.5. The van der Waals surface area contributed by atoms with Crippen molar-refractivity contribution in [1.82, 2.24) is 15.5 Å². The van der Waals surface area contributed by atoms with Gasteiger partial charge >= 0.3 is 6.03 Å². The van der Waals surface area contributed by atoms with Crippen molar-refractivity contribution in [2.45, 2.75) is 12.5 Å². The number of hydrogen-bond acceptors (Lipinski definition) is 4. The largest absolute Gasteiger partial charge is 0.383 e. The van der Waals surface area contributed by atoms with Crippen molar-refractivity contribution < 1.29 is 19.1 Å². The van der Waals surface area contributed by atoms with Gasteiger partial charge in [0.25, 0.3) is 5.91 Å². The number of nitrogens with zero attached hydrogens (tertiary/aromatic N) is 1. The van der Waals surface area contributed by atoms with Gasteiger partial charge in [-0.2, -0.15) is 0 Å². The molecule has 2 N–H and O–H groups in total. The van der Waals surface area contributed by atoms with Crippen molar-refractivity contribution in [1.29, 1.82) is 0 Å². The number of imide groups is 1. The van der Waals surface area contributed by atoms with E-state index in [1.54, 1.807) is 0 Å². The average Bonchev–Trinajstić information content (AvgIpc) is 2.76. The Morgan fingerprint density at radius 3 is 2.73 bits per heavy atom. The third kappa shape index (κ3) is 4.05. The van der Waals surface area contributed by atoms with E-state index in [0.717, 1.165) is 10.5 Å². The summed E-state index contributed by atoms with van der Waals surface area (Å²) in [5.41, 5.74) is 0.951. The first-order valence-corrected chi connectivity index (χ1v) is 7.03. The monoisotopic (exact) mass is 305 g/mol. The Morgan fingerprint density at radius 1 is 1.32 bits per heavy atom. The SMILES string of the molecule is COCCNC(=O)CN1C(=O)NC(Cc2ccccc2)C1=O. The van der Waals surface area contributed by atoms with Gasteiger partial charge in [0, 0.05) is 20.1 Å². The minimum atomic E-state index is -0.623. The van der Waals surface area contributed by atoms with Crippen molar-refractivity contribution in [2.24, 2.45) is 0 Å². The van der Waals surface area contributed by atoms with Crippen LogP contribution in [0.15, 0.2) is 30.3 Å². The number of methoxy groups -OCH3 is 1. The molecule has 1 aromatic rings. The Balaban J connectivity index is 1.90. The Morgan fingerprint density at radius 2 is 2.05 bits per heavy atom. The molecular weight excluding hydrogens is 286 g/mol. The van der Waals surface area contributed by atoms with Gasteiger partial charge in [-0.3, -0.25) is 14.5 Å². The third-order valence-electron chi connectivity index (χ3n) is 3.32. The molecule has 1 unspecified atom stereocenters. The zero-order chi connectivity index (χ0) is 15.9. The maximum absolute atomic E-state index is 12.2. The molecule has 0 radical (unpaired) electrons. The van der Waals surface area contributed by atoms with Gasteiger partial charge < -0.3 is 15.4 Å². The molecule has 0 aromatic heterocycles. The Kier molecular flexibility index (Phi) is 5.48. The van der Waals surface area contributed by atoms with Crippen LogP contribution in [0, 0.1) is 0 Å². The molecule has 0 saturated carbocycles. The molecule has 1 heterocycles. The van der Waals surface area contributed by atoms with E-state index in [1.165, 1.54) is 7.11 Å². The first kappa shape index (κ1) is 16.0. The van der Waals surface area contributed by atoms with Crippen LogP contribution in [0.3, 0.4) is 0 Å². The zero-order valence-electron chi connectivity index (χ0n) is 12.4. The Labute approximate surface area is 128 Å². The van der Waals surface area contributed by atoms with E-state index in [-0.39, 0.29) is 18.4 Å². The van der Waals surface area contributed by atoms with Crippen LogP contribution in [0.2, 0.25) is 0 Å². The normalized spacial score (nSPS) is 17.5. The van der Waals surface area contributed by atoms with Crippen LogP contribution in [-0.2, 0) is 20.7 Å². The van der Waals surface area contributed by atoms with Crippen molar-refractivity contribution in [3.63, 3.8) is 0 Å². The molecule has 118 valence electrons. The fraction of sp³-hybridized carbons (Fsp3) is 0.400. The predicted octanol–water partition coefficient (Wildman–Crippen LogP) is -0.0879. The number of ether oxygens (including phenoxy) is 1. The Bertz CT molecular complexity index is 547. The van der Waals surface area contributed by atoms with Gasteiger partial charge in [0.15, 0.2) is 0 Å². The fourth-order valence-electron chi connectivity index (χ4n) is 2.21. The van der Waals surface area contributed by atoms with Crippen molar-refractivity contribution >= 4 is 17.8 Å². The summed E-state index contributed by atoms with van der Waals surface area (Å²) in [4.78, 5) is 36.7. The predicted molar refractivity (Wildman–Crippen MR) is 79.1 cm³/mol. The topological polar surface area (TPSA) is 87.7 Å². The summed E-state index contributed by atoms with van der Waals surface area (Å²) in [5.74, 6) is -0.767. The number of nitrogens with one attached hydrogen (secondary N) is 2. The van der Waals surface area contributed by atoms with Crippen LogP contribution in [0.25, 0.3) is 0 Å². The highest BCUT2D eigenvalue weighted by molar-refractivity contribution is 6.06. The second-order valence-corrected chi connectivity index (χ2v) is 4.96. The minimum absolute atomic E-state index is 0.278. The first-order valence-electron chi connectivity index (χ1n) is 7.03. The molecule has 2 rings (SSSR count). The summed E-state index contributed by atoms with van der Waals surface area (Å²) in [6.07, 6.45) is 0.410. The number of hydrogen-bond donors (Lipinski definition) is 2.